The standard InChI is InChI=1S/C18H28N2O3S/c1-3-19(4-2)18(21)15-20(16-11-7-5-8-12-16)24(22,23)17-13-9-6-10-14-17/h6,9-10,13-14,16H,3-5,7-8,11-12,15H2,1-2H3. The topological polar surface area (TPSA) is 57.7 Å². The maximum Gasteiger partial charge on any atom is 0.243 e. The Balaban J connectivity index is 2.30. The number of benzene rings is 1. The van der Waals surface area contributed by atoms with Crippen molar-refractivity contribution >= 4 is 15.9 Å². The lowest BCUT2D eigenvalue weighted by atomic mass is 9.95. The fraction of sp³-hybridized carbons (Fsp3) is 0.611. The second-order valence-electron chi connectivity index (χ2n) is 6.22. The van der Waals surface area contributed by atoms with Crippen molar-refractivity contribution < 1.29 is 13.2 Å². The summed E-state index contributed by atoms with van der Waals surface area (Å²) in [5.41, 5.74) is 0. The highest BCUT2D eigenvalue weighted by Crippen LogP contribution is 2.27. The molecule has 1 aromatic rings. The average Bonchev–Trinajstić information content (AvgIpc) is 2.62. The zero-order valence-electron chi connectivity index (χ0n) is 14.6. The van der Waals surface area contributed by atoms with Crippen LogP contribution in [-0.2, 0) is 14.8 Å². The van der Waals surface area contributed by atoms with Crippen LogP contribution in [0.1, 0.15) is 46.0 Å². The molecule has 2 rings (SSSR count). The molecular weight excluding hydrogens is 324 g/mol. The minimum Gasteiger partial charge on any atom is -0.342 e. The molecule has 0 heterocycles. The summed E-state index contributed by atoms with van der Waals surface area (Å²) in [5.74, 6) is -0.120. The lowest BCUT2D eigenvalue weighted by molar-refractivity contribution is -0.131. The van der Waals surface area contributed by atoms with Gasteiger partial charge in [-0.3, -0.25) is 4.79 Å². The number of hydrogen-bond acceptors (Lipinski definition) is 3. The van der Waals surface area contributed by atoms with Crippen molar-refractivity contribution in [3.05, 3.63) is 30.3 Å². The van der Waals surface area contributed by atoms with Crippen LogP contribution in [0.4, 0.5) is 0 Å². The largest absolute Gasteiger partial charge is 0.342 e. The van der Waals surface area contributed by atoms with Crippen molar-refractivity contribution in [1.29, 1.82) is 0 Å². The van der Waals surface area contributed by atoms with Crippen LogP contribution >= 0.6 is 0 Å². The molecule has 0 saturated heterocycles. The third-order valence-electron chi connectivity index (χ3n) is 4.74. The van der Waals surface area contributed by atoms with Crippen molar-refractivity contribution in [2.24, 2.45) is 0 Å². The number of nitrogens with zero attached hydrogens (tertiary/aromatic N) is 2. The third kappa shape index (κ3) is 4.36. The lowest BCUT2D eigenvalue weighted by Gasteiger charge is -2.34. The summed E-state index contributed by atoms with van der Waals surface area (Å²) in [6, 6.07) is 8.37. The Labute approximate surface area is 145 Å². The molecule has 0 unspecified atom stereocenters. The van der Waals surface area contributed by atoms with E-state index >= 15 is 0 Å². The summed E-state index contributed by atoms with van der Waals surface area (Å²) in [7, 11) is -3.66. The van der Waals surface area contributed by atoms with Gasteiger partial charge in [-0.25, -0.2) is 8.42 Å². The van der Waals surface area contributed by atoms with Crippen LogP contribution in [0.15, 0.2) is 35.2 Å². The molecule has 0 spiro atoms. The molecule has 5 nitrogen and oxygen atoms in total. The van der Waals surface area contributed by atoms with Gasteiger partial charge in [0.15, 0.2) is 0 Å². The Kier molecular flexibility index (Phi) is 6.80. The zero-order valence-corrected chi connectivity index (χ0v) is 15.5. The summed E-state index contributed by atoms with van der Waals surface area (Å²) >= 11 is 0. The molecule has 1 aliphatic carbocycles. The summed E-state index contributed by atoms with van der Waals surface area (Å²) in [4.78, 5) is 14.5. The highest BCUT2D eigenvalue weighted by molar-refractivity contribution is 7.89. The predicted molar refractivity (Wildman–Crippen MR) is 95.1 cm³/mol. The summed E-state index contributed by atoms with van der Waals surface area (Å²) in [6.45, 7) is 4.96. The number of carbonyl (C=O) groups is 1. The van der Waals surface area contributed by atoms with E-state index in [1.165, 1.54) is 4.31 Å². The van der Waals surface area contributed by atoms with Crippen molar-refractivity contribution in [1.82, 2.24) is 9.21 Å². The molecule has 0 aliphatic heterocycles. The molecule has 1 amide bonds. The van der Waals surface area contributed by atoms with Crippen LogP contribution in [0.25, 0.3) is 0 Å². The highest BCUT2D eigenvalue weighted by atomic mass is 32.2. The minimum atomic E-state index is -3.66. The molecule has 1 saturated carbocycles. The van der Waals surface area contributed by atoms with E-state index in [-0.39, 0.29) is 23.4 Å². The number of sulfonamides is 1. The zero-order chi connectivity index (χ0) is 17.6. The Morgan fingerprint density at radius 1 is 1.04 bits per heavy atom. The smallest absolute Gasteiger partial charge is 0.243 e. The SMILES string of the molecule is CCN(CC)C(=O)CN(C1CCCCC1)S(=O)(=O)c1ccccc1. The van der Waals surface area contributed by atoms with Gasteiger partial charge < -0.3 is 4.90 Å². The molecule has 1 aliphatic rings. The van der Waals surface area contributed by atoms with Crippen LogP contribution in [0.3, 0.4) is 0 Å². The minimum absolute atomic E-state index is 0.0659. The molecular formula is C18H28N2O3S. The number of likely N-dealkylation sites (N-methyl/N-ethyl adjacent to an activating group) is 1. The molecule has 1 fully saturated rings. The first-order valence-corrected chi connectivity index (χ1v) is 10.3. The van der Waals surface area contributed by atoms with Crippen molar-refractivity contribution in [3.8, 4) is 0 Å². The van der Waals surface area contributed by atoms with Gasteiger partial charge >= 0.3 is 0 Å². The van der Waals surface area contributed by atoms with Gasteiger partial charge in [-0.1, -0.05) is 37.5 Å². The van der Waals surface area contributed by atoms with Crippen LogP contribution in [0, 0.1) is 0 Å². The molecule has 0 aromatic heterocycles. The number of rotatable bonds is 7. The first-order chi connectivity index (χ1) is 11.5. The van der Waals surface area contributed by atoms with Gasteiger partial charge in [-0.05, 0) is 38.8 Å². The number of amides is 1. The molecule has 6 heteroatoms. The third-order valence-corrected chi connectivity index (χ3v) is 6.65. The Morgan fingerprint density at radius 3 is 2.17 bits per heavy atom. The number of hydrogen-bond donors (Lipinski definition) is 0. The Bertz CT molecular complexity index is 621. The van der Waals surface area contributed by atoms with E-state index in [1.54, 1.807) is 35.2 Å². The van der Waals surface area contributed by atoms with E-state index in [1.807, 2.05) is 13.8 Å². The first-order valence-electron chi connectivity index (χ1n) is 8.85. The first kappa shape index (κ1) is 18.9. The molecule has 0 radical (unpaired) electrons. The molecule has 1 aromatic carbocycles. The molecule has 0 bridgehead atoms. The van der Waals surface area contributed by atoms with E-state index in [2.05, 4.69) is 0 Å². The van der Waals surface area contributed by atoms with Gasteiger partial charge in [0.05, 0.1) is 11.4 Å². The van der Waals surface area contributed by atoms with Gasteiger partial charge in [0.25, 0.3) is 0 Å². The van der Waals surface area contributed by atoms with E-state index in [9.17, 15) is 13.2 Å². The van der Waals surface area contributed by atoms with Gasteiger partial charge in [0, 0.05) is 19.1 Å². The average molecular weight is 352 g/mol. The summed E-state index contributed by atoms with van der Waals surface area (Å²) in [5, 5.41) is 0. The Hall–Kier alpha value is -1.40. The molecule has 24 heavy (non-hydrogen) atoms. The monoisotopic (exact) mass is 352 g/mol. The van der Waals surface area contributed by atoms with E-state index in [4.69, 9.17) is 0 Å². The second kappa shape index (κ2) is 8.62. The van der Waals surface area contributed by atoms with E-state index in [0.717, 1.165) is 32.1 Å². The van der Waals surface area contributed by atoms with Crippen molar-refractivity contribution in [2.75, 3.05) is 19.6 Å². The number of carbonyl (C=O) groups excluding carboxylic acids is 1. The molecule has 134 valence electrons. The van der Waals surface area contributed by atoms with Crippen molar-refractivity contribution in [2.45, 2.75) is 56.9 Å². The lowest BCUT2D eigenvalue weighted by Crippen LogP contribution is -2.48. The Morgan fingerprint density at radius 2 is 1.62 bits per heavy atom. The van der Waals surface area contributed by atoms with E-state index < -0.39 is 10.0 Å². The van der Waals surface area contributed by atoms with Gasteiger partial charge in [0.2, 0.25) is 15.9 Å². The molecule has 0 atom stereocenters. The van der Waals surface area contributed by atoms with Crippen LogP contribution in [0.2, 0.25) is 0 Å². The second-order valence-corrected chi connectivity index (χ2v) is 8.11. The normalized spacial score (nSPS) is 16.3. The quantitative estimate of drug-likeness (QED) is 0.758. The van der Waals surface area contributed by atoms with Gasteiger partial charge in [-0.15, -0.1) is 0 Å². The maximum absolute atomic E-state index is 13.1. The fourth-order valence-electron chi connectivity index (χ4n) is 3.32. The van der Waals surface area contributed by atoms with Crippen LogP contribution in [-0.4, -0.2) is 49.2 Å². The molecule has 0 N–H and O–H groups in total. The predicted octanol–water partition coefficient (Wildman–Crippen LogP) is 2.88. The van der Waals surface area contributed by atoms with Crippen molar-refractivity contribution in [3.63, 3.8) is 0 Å². The summed E-state index contributed by atoms with van der Waals surface area (Å²) in [6.07, 6.45) is 4.84. The summed E-state index contributed by atoms with van der Waals surface area (Å²) < 4.78 is 27.7. The fourth-order valence-corrected chi connectivity index (χ4v) is 4.97. The van der Waals surface area contributed by atoms with Crippen LogP contribution in [0.5, 0.6) is 0 Å². The highest BCUT2D eigenvalue weighted by Gasteiger charge is 2.34. The van der Waals surface area contributed by atoms with Crippen LogP contribution < -0.4 is 0 Å². The van der Waals surface area contributed by atoms with Gasteiger partial charge in [0.1, 0.15) is 0 Å². The van der Waals surface area contributed by atoms with Gasteiger partial charge in [-0.2, -0.15) is 4.31 Å². The maximum atomic E-state index is 13.1. The van der Waals surface area contributed by atoms with E-state index in [0.29, 0.717) is 13.1 Å².